The summed E-state index contributed by atoms with van der Waals surface area (Å²) in [6, 6.07) is 18.3. The van der Waals surface area contributed by atoms with Crippen molar-refractivity contribution in [2.75, 3.05) is 4.31 Å². The number of nitrogens with zero attached hydrogens (tertiary/aromatic N) is 3. The molecule has 0 fully saturated rings. The number of H-pyrrole nitrogens is 1. The molecule has 28 heavy (non-hydrogen) atoms. The monoisotopic (exact) mass is 394 g/mol. The molecule has 2 N–H and O–H groups in total. The summed E-state index contributed by atoms with van der Waals surface area (Å²) in [5, 5.41) is 7.26. The van der Waals surface area contributed by atoms with E-state index in [0.29, 0.717) is 22.5 Å². The molecule has 0 radical (unpaired) electrons. The Bertz CT molecular complexity index is 1100. The third-order valence-electron chi connectivity index (χ3n) is 4.19. The van der Waals surface area contributed by atoms with Gasteiger partial charge in [-0.25, -0.2) is 12.9 Å². The van der Waals surface area contributed by atoms with Gasteiger partial charge in [0.25, 0.3) is 11.3 Å². The molecule has 0 saturated heterocycles. The van der Waals surface area contributed by atoms with Crippen LogP contribution in [0.25, 0.3) is 22.4 Å². The predicted molar refractivity (Wildman–Crippen MR) is 107 cm³/mol. The van der Waals surface area contributed by atoms with E-state index in [4.69, 9.17) is 0 Å². The first kappa shape index (κ1) is 18.0. The van der Waals surface area contributed by atoms with Crippen LogP contribution in [-0.4, -0.2) is 23.9 Å². The summed E-state index contributed by atoms with van der Waals surface area (Å²) in [6.45, 7) is 0. The quantitative estimate of drug-likeness (QED) is 0.487. The lowest BCUT2D eigenvalue weighted by Crippen LogP contribution is -2.20. The zero-order valence-electron chi connectivity index (χ0n) is 14.5. The minimum absolute atomic E-state index is 0.276. The Labute approximate surface area is 163 Å². The number of halogens is 1. The number of para-hydroxylation sites is 1. The highest BCUT2D eigenvalue weighted by Gasteiger charge is 2.25. The van der Waals surface area contributed by atoms with Gasteiger partial charge in [-0.3, -0.25) is 14.6 Å². The molecule has 0 spiro atoms. The maximum atomic E-state index is 13.4. The molecule has 0 saturated carbocycles. The normalized spacial score (nSPS) is 11.9. The molecule has 8 heteroatoms. The van der Waals surface area contributed by atoms with Crippen molar-refractivity contribution in [3.8, 4) is 22.4 Å². The van der Waals surface area contributed by atoms with E-state index in [0.717, 1.165) is 5.56 Å². The summed E-state index contributed by atoms with van der Waals surface area (Å²) in [5.41, 5.74) is 3.18. The van der Waals surface area contributed by atoms with Crippen LogP contribution >= 0.6 is 0 Å². The Morgan fingerprint density at radius 1 is 0.929 bits per heavy atom. The summed E-state index contributed by atoms with van der Waals surface area (Å²) in [6.07, 6.45) is 3.26. The van der Waals surface area contributed by atoms with Crippen LogP contribution in [0.1, 0.15) is 0 Å². The van der Waals surface area contributed by atoms with E-state index in [1.165, 1.54) is 16.4 Å². The zero-order chi connectivity index (χ0) is 19.5. The summed E-state index contributed by atoms with van der Waals surface area (Å²) in [4.78, 5) is 4.03. The molecule has 2 aromatic heterocycles. The number of hydrogen-bond acceptors (Lipinski definition) is 3. The lowest BCUT2D eigenvalue weighted by Gasteiger charge is -2.19. The zero-order valence-corrected chi connectivity index (χ0v) is 15.3. The van der Waals surface area contributed by atoms with Crippen molar-refractivity contribution in [2.45, 2.75) is 0 Å². The van der Waals surface area contributed by atoms with Crippen molar-refractivity contribution in [1.29, 1.82) is 0 Å². The molecule has 0 aliphatic carbocycles. The molecule has 4 rings (SSSR count). The van der Waals surface area contributed by atoms with Crippen LogP contribution in [0.4, 0.5) is 15.9 Å². The number of aromatic nitrogens is 3. The van der Waals surface area contributed by atoms with Gasteiger partial charge in [0.1, 0.15) is 5.82 Å². The van der Waals surface area contributed by atoms with Crippen LogP contribution in [0.15, 0.2) is 79.1 Å². The van der Waals surface area contributed by atoms with Crippen molar-refractivity contribution in [2.24, 2.45) is 0 Å². The van der Waals surface area contributed by atoms with Crippen LogP contribution in [0.2, 0.25) is 0 Å². The number of aromatic amines is 1. The van der Waals surface area contributed by atoms with E-state index < -0.39 is 11.3 Å². The number of rotatable bonds is 5. The number of benzene rings is 2. The molecule has 4 aromatic rings. The van der Waals surface area contributed by atoms with Gasteiger partial charge in [-0.2, -0.15) is 5.10 Å². The second kappa shape index (κ2) is 7.71. The number of anilines is 2. The average molecular weight is 394 g/mol. The predicted octanol–water partition coefficient (Wildman–Crippen LogP) is 4.55. The van der Waals surface area contributed by atoms with Gasteiger partial charge in [0.15, 0.2) is 5.82 Å². The van der Waals surface area contributed by atoms with Gasteiger partial charge >= 0.3 is 0 Å². The molecule has 6 nitrogen and oxygen atoms in total. The molecule has 1 unspecified atom stereocenters. The molecule has 0 amide bonds. The second-order valence-corrected chi connectivity index (χ2v) is 6.73. The smallest absolute Gasteiger partial charge is 0.267 e. The summed E-state index contributed by atoms with van der Waals surface area (Å²) in [7, 11) is 0. The summed E-state index contributed by atoms with van der Waals surface area (Å²) >= 11 is -2.36. The van der Waals surface area contributed by atoms with Crippen molar-refractivity contribution in [1.82, 2.24) is 15.2 Å². The van der Waals surface area contributed by atoms with Crippen LogP contribution in [-0.2, 0) is 11.3 Å². The van der Waals surface area contributed by atoms with Gasteiger partial charge in [0.2, 0.25) is 0 Å². The fourth-order valence-electron chi connectivity index (χ4n) is 2.95. The van der Waals surface area contributed by atoms with Gasteiger partial charge in [-0.1, -0.05) is 18.2 Å². The Hall–Kier alpha value is -3.36. The third-order valence-corrected chi connectivity index (χ3v) is 4.88. The standard InChI is InChI=1S/C20H15FN4O2S/c21-16-8-6-15(7-9-16)19-18(14-10-12-22-13-11-14)20(24-23-19)25(28(26)27)17-4-2-1-3-5-17/h1-13H,(H,23,24)(H,26,27). The largest absolute Gasteiger partial charge is 0.289 e. The lowest BCUT2D eigenvalue weighted by atomic mass is 10.0. The highest BCUT2D eigenvalue weighted by atomic mass is 32.2. The second-order valence-electron chi connectivity index (χ2n) is 5.90. The third kappa shape index (κ3) is 3.42. The van der Waals surface area contributed by atoms with E-state index >= 15 is 0 Å². The van der Waals surface area contributed by atoms with E-state index in [9.17, 15) is 13.2 Å². The Kier molecular flexibility index (Phi) is 4.96. The minimum Gasteiger partial charge on any atom is -0.289 e. The van der Waals surface area contributed by atoms with Crippen molar-refractivity contribution in [3.63, 3.8) is 0 Å². The molecule has 0 aliphatic heterocycles. The Balaban J connectivity index is 1.95. The summed E-state index contributed by atoms with van der Waals surface area (Å²) in [5.74, 6) is -0.0751. The molecule has 140 valence electrons. The highest BCUT2D eigenvalue weighted by Crippen LogP contribution is 2.40. The van der Waals surface area contributed by atoms with Gasteiger partial charge in [-0.15, -0.1) is 0 Å². The first-order valence-corrected chi connectivity index (χ1v) is 9.42. The Morgan fingerprint density at radius 3 is 2.25 bits per heavy atom. The average Bonchev–Trinajstić information content (AvgIpc) is 3.14. The van der Waals surface area contributed by atoms with Crippen molar-refractivity contribution < 1.29 is 13.2 Å². The maximum absolute atomic E-state index is 13.4. The van der Waals surface area contributed by atoms with E-state index in [1.54, 1.807) is 60.9 Å². The molecular weight excluding hydrogens is 379 g/mol. The Morgan fingerprint density at radius 2 is 1.61 bits per heavy atom. The molecule has 2 aromatic carbocycles. The number of nitrogens with one attached hydrogen (secondary N) is 1. The van der Waals surface area contributed by atoms with Crippen molar-refractivity contribution >= 4 is 22.8 Å². The fourth-order valence-corrected chi connectivity index (χ4v) is 3.53. The number of hydrogen-bond donors (Lipinski definition) is 2. The maximum Gasteiger partial charge on any atom is 0.267 e. The molecule has 0 aliphatic rings. The minimum atomic E-state index is -2.36. The lowest BCUT2D eigenvalue weighted by molar-refractivity contribution is 0.564. The van der Waals surface area contributed by atoms with Gasteiger partial charge in [-0.05, 0) is 54.1 Å². The van der Waals surface area contributed by atoms with Crippen LogP contribution in [0.3, 0.4) is 0 Å². The van der Waals surface area contributed by atoms with Gasteiger partial charge in [0, 0.05) is 18.0 Å². The van der Waals surface area contributed by atoms with E-state index in [-0.39, 0.29) is 11.6 Å². The molecule has 0 bridgehead atoms. The number of pyridine rings is 1. The van der Waals surface area contributed by atoms with Gasteiger partial charge in [0.05, 0.1) is 16.9 Å². The van der Waals surface area contributed by atoms with Gasteiger partial charge < -0.3 is 0 Å². The van der Waals surface area contributed by atoms with Crippen LogP contribution in [0, 0.1) is 5.82 Å². The fraction of sp³-hybridized carbons (Fsp3) is 0. The topological polar surface area (TPSA) is 82.1 Å². The first-order valence-electron chi connectivity index (χ1n) is 8.36. The SMILES string of the molecule is O=S(O)N(c1ccccc1)c1n[nH]c(-c2ccc(F)cc2)c1-c1ccncc1. The van der Waals surface area contributed by atoms with E-state index in [1.807, 2.05) is 6.07 Å². The molecule has 2 heterocycles. The van der Waals surface area contributed by atoms with Crippen molar-refractivity contribution in [3.05, 3.63) is 84.9 Å². The first-order chi connectivity index (χ1) is 13.6. The molecular formula is C20H15FN4O2S. The van der Waals surface area contributed by atoms with E-state index in [2.05, 4.69) is 15.2 Å². The van der Waals surface area contributed by atoms with Crippen LogP contribution in [0.5, 0.6) is 0 Å². The molecule has 1 atom stereocenters. The highest BCUT2D eigenvalue weighted by molar-refractivity contribution is 7.81. The summed E-state index contributed by atoms with van der Waals surface area (Å²) < 4.78 is 36.8. The van der Waals surface area contributed by atoms with Crippen LogP contribution < -0.4 is 4.31 Å².